The van der Waals surface area contributed by atoms with Crippen LogP contribution in [0, 0.1) is 5.92 Å². The smallest absolute Gasteiger partial charge is 0.290 e. The SMILES string of the molecule is CNC(=O)CC1CCN(Cc2cccc(Cn3cccn3)c2)C1.O=CO. The fourth-order valence-corrected chi connectivity index (χ4v) is 3.25. The van der Waals surface area contributed by atoms with Crippen molar-refractivity contribution in [3.8, 4) is 0 Å². The molecule has 0 saturated carbocycles. The van der Waals surface area contributed by atoms with Crippen LogP contribution in [-0.2, 0) is 22.7 Å². The van der Waals surface area contributed by atoms with Gasteiger partial charge in [-0.25, -0.2) is 0 Å². The van der Waals surface area contributed by atoms with Crippen molar-refractivity contribution < 1.29 is 14.7 Å². The molecule has 1 unspecified atom stereocenters. The zero-order valence-electron chi connectivity index (χ0n) is 15.0. The molecule has 7 nitrogen and oxygen atoms in total. The van der Waals surface area contributed by atoms with E-state index in [1.54, 1.807) is 13.2 Å². The monoisotopic (exact) mass is 358 g/mol. The molecule has 26 heavy (non-hydrogen) atoms. The molecule has 0 bridgehead atoms. The zero-order chi connectivity index (χ0) is 18.8. The summed E-state index contributed by atoms with van der Waals surface area (Å²) in [5.74, 6) is 0.639. The number of benzene rings is 1. The largest absolute Gasteiger partial charge is 0.483 e. The lowest BCUT2D eigenvalue weighted by Crippen LogP contribution is -2.24. The molecule has 2 N–H and O–H groups in total. The van der Waals surface area contributed by atoms with Gasteiger partial charge in [0.15, 0.2) is 0 Å². The number of carbonyl (C=O) groups is 2. The Labute approximate surface area is 153 Å². The van der Waals surface area contributed by atoms with Crippen molar-refractivity contribution in [1.29, 1.82) is 0 Å². The molecule has 1 saturated heterocycles. The van der Waals surface area contributed by atoms with Gasteiger partial charge in [-0.2, -0.15) is 5.10 Å². The summed E-state index contributed by atoms with van der Waals surface area (Å²) in [7, 11) is 1.71. The van der Waals surface area contributed by atoms with Crippen molar-refractivity contribution in [2.24, 2.45) is 5.92 Å². The molecule has 2 aromatic rings. The van der Waals surface area contributed by atoms with E-state index in [1.807, 2.05) is 16.9 Å². The van der Waals surface area contributed by atoms with Crippen LogP contribution in [0.3, 0.4) is 0 Å². The number of likely N-dealkylation sites (tertiary alicyclic amines) is 1. The molecule has 1 fully saturated rings. The molecule has 7 heteroatoms. The first-order chi connectivity index (χ1) is 12.6. The molecule has 0 radical (unpaired) electrons. The molecule has 1 aliphatic heterocycles. The van der Waals surface area contributed by atoms with Crippen LogP contribution in [0.15, 0.2) is 42.7 Å². The topological polar surface area (TPSA) is 87.5 Å². The second kappa shape index (κ2) is 10.4. The van der Waals surface area contributed by atoms with Crippen LogP contribution in [0.5, 0.6) is 0 Å². The van der Waals surface area contributed by atoms with Gasteiger partial charge in [0, 0.05) is 39.0 Å². The van der Waals surface area contributed by atoms with Crippen molar-refractivity contribution >= 4 is 12.4 Å². The van der Waals surface area contributed by atoms with Crippen molar-refractivity contribution in [2.45, 2.75) is 25.9 Å². The summed E-state index contributed by atoms with van der Waals surface area (Å²) in [4.78, 5) is 22.3. The van der Waals surface area contributed by atoms with Crippen LogP contribution in [0.4, 0.5) is 0 Å². The van der Waals surface area contributed by atoms with E-state index in [0.717, 1.165) is 32.6 Å². The number of carbonyl (C=O) groups excluding carboxylic acids is 1. The molecular formula is C19H26N4O3. The minimum absolute atomic E-state index is 0.151. The number of rotatable bonds is 6. The van der Waals surface area contributed by atoms with Crippen LogP contribution in [0.2, 0.25) is 0 Å². The van der Waals surface area contributed by atoms with E-state index >= 15 is 0 Å². The number of hydrogen-bond acceptors (Lipinski definition) is 4. The number of nitrogens with one attached hydrogen (secondary N) is 1. The van der Waals surface area contributed by atoms with Gasteiger partial charge >= 0.3 is 0 Å². The molecule has 0 spiro atoms. The van der Waals surface area contributed by atoms with Crippen molar-refractivity contribution in [3.05, 3.63) is 53.9 Å². The number of carboxylic acid groups (broad SMARTS) is 1. The highest BCUT2D eigenvalue weighted by molar-refractivity contribution is 5.75. The highest BCUT2D eigenvalue weighted by Crippen LogP contribution is 2.21. The van der Waals surface area contributed by atoms with Crippen LogP contribution in [0.25, 0.3) is 0 Å². The van der Waals surface area contributed by atoms with Crippen LogP contribution < -0.4 is 5.32 Å². The lowest BCUT2D eigenvalue weighted by molar-refractivity contribution is -0.123. The van der Waals surface area contributed by atoms with E-state index in [9.17, 15) is 4.79 Å². The minimum atomic E-state index is -0.250. The molecule has 3 rings (SSSR count). The second-order valence-corrected chi connectivity index (χ2v) is 6.40. The number of amides is 1. The summed E-state index contributed by atoms with van der Waals surface area (Å²) in [6, 6.07) is 10.6. The summed E-state index contributed by atoms with van der Waals surface area (Å²) in [5.41, 5.74) is 2.60. The standard InChI is InChI=1S/C18H24N4O.CH2O2/c1-19-18(23)11-17-6-9-21(13-17)12-15-4-2-5-16(10-15)14-22-8-3-7-20-22;2-1-3/h2-5,7-8,10,17H,6,9,11-14H2,1H3,(H,19,23);1H,(H,2,3). The first-order valence-electron chi connectivity index (χ1n) is 8.70. The first-order valence-corrected chi connectivity index (χ1v) is 8.70. The molecule has 1 amide bonds. The Hall–Kier alpha value is -2.67. The number of nitrogens with zero attached hydrogens (tertiary/aromatic N) is 3. The molecule has 1 atom stereocenters. The highest BCUT2D eigenvalue weighted by atomic mass is 16.3. The maximum atomic E-state index is 11.5. The number of aromatic nitrogens is 2. The Bertz CT molecular complexity index is 688. The summed E-state index contributed by atoms with van der Waals surface area (Å²) >= 11 is 0. The van der Waals surface area contributed by atoms with E-state index in [4.69, 9.17) is 9.90 Å². The minimum Gasteiger partial charge on any atom is -0.483 e. The molecule has 1 aliphatic rings. The van der Waals surface area contributed by atoms with Crippen LogP contribution in [-0.4, -0.2) is 52.3 Å². The van der Waals surface area contributed by atoms with Gasteiger partial charge in [0.1, 0.15) is 0 Å². The Balaban J connectivity index is 0.000000758. The Morgan fingerprint density at radius 3 is 2.73 bits per heavy atom. The molecule has 1 aromatic carbocycles. The average molecular weight is 358 g/mol. The van der Waals surface area contributed by atoms with E-state index in [1.165, 1.54) is 11.1 Å². The van der Waals surface area contributed by atoms with Gasteiger partial charge in [0.25, 0.3) is 6.47 Å². The molecule has 0 aliphatic carbocycles. The summed E-state index contributed by atoms with van der Waals surface area (Å²) in [5, 5.41) is 13.9. The Morgan fingerprint density at radius 2 is 2.08 bits per heavy atom. The molecular weight excluding hydrogens is 332 g/mol. The predicted molar refractivity (Wildman–Crippen MR) is 98.5 cm³/mol. The average Bonchev–Trinajstić information content (AvgIpc) is 3.28. The summed E-state index contributed by atoms with van der Waals surface area (Å²) in [6.07, 6.45) is 5.55. The van der Waals surface area contributed by atoms with Gasteiger partial charge in [-0.15, -0.1) is 0 Å². The number of hydrogen-bond donors (Lipinski definition) is 2. The van der Waals surface area contributed by atoms with Gasteiger partial charge in [0.05, 0.1) is 6.54 Å². The lowest BCUT2D eigenvalue weighted by atomic mass is 10.0. The molecule has 140 valence electrons. The van der Waals surface area contributed by atoms with Crippen molar-refractivity contribution in [1.82, 2.24) is 20.0 Å². The Kier molecular flexibility index (Phi) is 7.82. The third kappa shape index (κ3) is 6.33. The molecule has 2 heterocycles. The van der Waals surface area contributed by atoms with E-state index in [0.29, 0.717) is 12.3 Å². The zero-order valence-corrected chi connectivity index (χ0v) is 15.0. The maximum Gasteiger partial charge on any atom is 0.290 e. The van der Waals surface area contributed by atoms with Gasteiger partial charge in [-0.1, -0.05) is 24.3 Å². The first kappa shape index (κ1) is 19.7. The second-order valence-electron chi connectivity index (χ2n) is 6.40. The highest BCUT2D eigenvalue weighted by Gasteiger charge is 2.24. The van der Waals surface area contributed by atoms with Gasteiger partial charge in [-0.05, 0) is 36.1 Å². The van der Waals surface area contributed by atoms with Crippen molar-refractivity contribution in [3.63, 3.8) is 0 Å². The molecule has 1 aromatic heterocycles. The fraction of sp³-hybridized carbons (Fsp3) is 0.421. The predicted octanol–water partition coefficient (Wildman–Crippen LogP) is 1.59. The summed E-state index contributed by atoms with van der Waals surface area (Å²) in [6.45, 7) is 3.60. The van der Waals surface area contributed by atoms with E-state index in [2.05, 4.69) is 39.6 Å². The van der Waals surface area contributed by atoms with Crippen molar-refractivity contribution in [2.75, 3.05) is 20.1 Å². The lowest BCUT2D eigenvalue weighted by Gasteiger charge is -2.16. The fourth-order valence-electron chi connectivity index (χ4n) is 3.25. The van der Waals surface area contributed by atoms with Gasteiger partial charge < -0.3 is 10.4 Å². The van der Waals surface area contributed by atoms with Crippen LogP contribution in [0.1, 0.15) is 24.0 Å². The van der Waals surface area contributed by atoms with Gasteiger partial charge in [0.2, 0.25) is 5.91 Å². The third-order valence-corrected chi connectivity index (χ3v) is 4.42. The third-order valence-electron chi connectivity index (χ3n) is 4.42. The quantitative estimate of drug-likeness (QED) is 0.766. The van der Waals surface area contributed by atoms with E-state index in [-0.39, 0.29) is 12.4 Å². The van der Waals surface area contributed by atoms with Crippen LogP contribution >= 0.6 is 0 Å². The normalized spacial score (nSPS) is 16.6. The van der Waals surface area contributed by atoms with Gasteiger partial charge in [-0.3, -0.25) is 19.2 Å². The summed E-state index contributed by atoms with van der Waals surface area (Å²) < 4.78 is 1.94. The Morgan fingerprint density at radius 1 is 1.35 bits per heavy atom. The maximum absolute atomic E-state index is 11.5. The van der Waals surface area contributed by atoms with E-state index < -0.39 is 0 Å².